The lowest BCUT2D eigenvalue weighted by molar-refractivity contribution is -0.118. The number of primary amides is 1. The van der Waals surface area contributed by atoms with Crippen molar-refractivity contribution in [1.82, 2.24) is 9.62 Å². The van der Waals surface area contributed by atoms with Crippen LogP contribution in [-0.2, 0) is 14.8 Å². The number of hydrogen-bond donors (Lipinski definition) is 2. The number of sulfonamides is 1. The molecule has 8 heteroatoms. The zero-order chi connectivity index (χ0) is 16.2. The highest BCUT2D eigenvalue weighted by Gasteiger charge is 2.25. The highest BCUT2D eigenvalue weighted by atomic mass is 32.2. The third-order valence-electron chi connectivity index (χ3n) is 3.61. The van der Waals surface area contributed by atoms with Crippen molar-refractivity contribution in [3.8, 4) is 0 Å². The number of rotatable bonds is 6. The first-order valence-electron chi connectivity index (χ1n) is 7.15. The lowest BCUT2D eigenvalue weighted by Gasteiger charge is -2.32. The molecule has 1 aromatic rings. The number of likely N-dealkylation sites (tertiary alicyclic amines) is 1. The van der Waals surface area contributed by atoms with E-state index in [4.69, 9.17) is 5.73 Å². The van der Waals surface area contributed by atoms with Crippen LogP contribution in [0.1, 0.15) is 19.3 Å². The lowest BCUT2D eigenvalue weighted by atomic mass is 10.1. The number of halogens is 1. The third kappa shape index (κ3) is 4.75. The summed E-state index contributed by atoms with van der Waals surface area (Å²) >= 11 is 0. The van der Waals surface area contributed by atoms with Crippen LogP contribution in [0.25, 0.3) is 0 Å². The summed E-state index contributed by atoms with van der Waals surface area (Å²) in [5.74, 6) is -0.961. The number of carbonyl (C=O) groups is 1. The Balaban J connectivity index is 1.98. The van der Waals surface area contributed by atoms with Crippen molar-refractivity contribution >= 4 is 15.9 Å². The van der Waals surface area contributed by atoms with E-state index in [0.717, 1.165) is 19.0 Å². The van der Waals surface area contributed by atoms with Crippen LogP contribution in [0.3, 0.4) is 0 Å². The molecule has 1 heterocycles. The van der Waals surface area contributed by atoms with Gasteiger partial charge in [-0.2, -0.15) is 0 Å². The van der Waals surface area contributed by atoms with Crippen LogP contribution in [0.15, 0.2) is 29.2 Å². The Hall–Kier alpha value is -1.51. The fourth-order valence-corrected chi connectivity index (χ4v) is 3.84. The molecule has 22 heavy (non-hydrogen) atoms. The molecule has 0 aliphatic carbocycles. The van der Waals surface area contributed by atoms with Gasteiger partial charge in [-0.15, -0.1) is 0 Å². The maximum Gasteiger partial charge on any atom is 0.240 e. The summed E-state index contributed by atoms with van der Waals surface area (Å²) in [6.07, 6.45) is 1.79. The molecule has 1 aliphatic rings. The summed E-state index contributed by atoms with van der Waals surface area (Å²) in [4.78, 5) is 12.7. The minimum atomic E-state index is -3.75. The molecule has 1 aromatic carbocycles. The van der Waals surface area contributed by atoms with E-state index >= 15 is 0 Å². The Morgan fingerprint density at radius 3 is 2.91 bits per heavy atom. The number of carbonyl (C=O) groups excluding carboxylic acids is 1. The van der Waals surface area contributed by atoms with Gasteiger partial charge in [0, 0.05) is 25.6 Å². The Morgan fingerprint density at radius 2 is 2.23 bits per heavy atom. The maximum atomic E-state index is 13.2. The fourth-order valence-electron chi connectivity index (χ4n) is 2.54. The van der Waals surface area contributed by atoms with Gasteiger partial charge in [0.1, 0.15) is 5.82 Å². The number of nitrogens with one attached hydrogen (secondary N) is 1. The summed E-state index contributed by atoms with van der Waals surface area (Å²) in [7, 11) is -3.75. The number of amides is 1. The predicted molar refractivity (Wildman–Crippen MR) is 80.0 cm³/mol. The van der Waals surface area contributed by atoms with Crippen molar-refractivity contribution in [2.75, 3.05) is 19.6 Å². The standard InChI is InChI=1S/C14H20FN3O3S/c15-11-3-1-5-13(9-11)22(20,21)17-12-4-2-7-18(10-12)8-6-14(16)19/h1,3,5,9,12,17H,2,4,6-8,10H2,(H2,16,19). The quantitative estimate of drug-likeness (QED) is 0.792. The second kappa shape index (κ2) is 7.17. The molecule has 1 aliphatic heterocycles. The first-order valence-corrected chi connectivity index (χ1v) is 8.64. The maximum absolute atomic E-state index is 13.2. The molecule has 0 radical (unpaired) electrons. The van der Waals surface area contributed by atoms with E-state index in [2.05, 4.69) is 4.72 Å². The van der Waals surface area contributed by atoms with Gasteiger partial charge in [0.15, 0.2) is 0 Å². The smallest absolute Gasteiger partial charge is 0.240 e. The second-order valence-corrected chi connectivity index (χ2v) is 7.15. The van der Waals surface area contributed by atoms with E-state index in [0.29, 0.717) is 19.5 Å². The van der Waals surface area contributed by atoms with E-state index in [1.807, 2.05) is 4.90 Å². The normalized spacial score (nSPS) is 20.0. The van der Waals surface area contributed by atoms with Gasteiger partial charge < -0.3 is 10.6 Å². The van der Waals surface area contributed by atoms with Crippen LogP contribution in [0.2, 0.25) is 0 Å². The lowest BCUT2D eigenvalue weighted by Crippen LogP contribution is -2.48. The zero-order valence-electron chi connectivity index (χ0n) is 12.2. The first-order chi connectivity index (χ1) is 10.4. The van der Waals surface area contributed by atoms with Gasteiger partial charge in [0.2, 0.25) is 15.9 Å². The van der Waals surface area contributed by atoms with Crippen LogP contribution < -0.4 is 10.5 Å². The van der Waals surface area contributed by atoms with Gasteiger partial charge in [0.05, 0.1) is 4.90 Å². The number of nitrogens with zero attached hydrogens (tertiary/aromatic N) is 1. The summed E-state index contributed by atoms with van der Waals surface area (Å²) in [5.41, 5.74) is 5.12. The Bertz CT molecular complexity index is 636. The van der Waals surface area contributed by atoms with Crippen molar-refractivity contribution in [3.05, 3.63) is 30.1 Å². The van der Waals surface area contributed by atoms with E-state index in [9.17, 15) is 17.6 Å². The number of benzene rings is 1. The molecule has 0 spiro atoms. The van der Waals surface area contributed by atoms with Crippen LogP contribution in [0.5, 0.6) is 0 Å². The average molecular weight is 329 g/mol. The number of hydrogen-bond acceptors (Lipinski definition) is 4. The van der Waals surface area contributed by atoms with Crippen LogP contribution >= 0.6 is 0 Å². The molecule has 2 rings (SSSR count). The molecule has 6 nitrogen and oxygen atoms in total. The first kappa shape index (κ1) is 16.9. The molecule has 1 atom stereocenters. The Labute approximate surface area is 129 Å². The highest BCUT2D eigenvalue weighted by Crippen LogP contribution is 2.15. The molecule has 122 valence electrons. The zero-order valence-corrected chi connectivity index (χ0v) is 13.0. The van der Waals surface area contributed by atoms with Crippen LogP contribution in [-0.4, -0.2) is 44.9 Å². The van der Waals surface area contributed by atoms with E-state index < -0.39 is 15.8 Å². The van der Waals surface area contributed by atoms with Crippen molar-refractivity contribution in [2.24, 2.45) is 5.73 Å². The Morgan fingerprint density at radius 1 is 1.45 bits per heavy atom. The summed E-state index contributed by atoms with van der Waals surface area (Å²) in [6, 6.07) is 4.67. The van der Waals surface area contributed by atoms with Gasteiger partial charge in [-0.1, -0.05) is 6.07 Å². The van der Waals surface area contributed by atoms with Crippen molar-refractivity contribution in [3.63, 3.8) is 0 Å². The van der Waals surface area contributed by atoms with E-state index in [1.54, 1.807) is 0 Å². The van der Waals surface area contributed by atoms with Crippen LogP contribution in [0.4, 0.5) is 4.39 Å². The van der Waals surface area contributed by atoms with E-state index in [-0.39, 0.29) is 23.3 Å². The van der Waals surface area contributed by atoms with Gasteiger partial charge >= 0.3 is 0 Å². The largest absolute Gasteiger partial charge is 0.370 e. The summed E-state index contributed by atoms with van der Waals surface area (Å²) in [5, 5.41) is 0. The Kier molecular flexibility index (Phi) is 5.49. The van der Waals surface area contributed by atoms with Crippen LogP contribution in [0, 0.1) is 5.82 Å². The number of piperidine rings is 1. The molecule has 0 saturated carbocycles. The molecule has 3 N–H and O–H groups in total. The topological polar surface area (TPSA) is 92.5 Å². The second-order valence-electron chi connectivity index (χ2n) is 5.43. The predicted octanol–water partition coefficient (Wildman–Crippen LogP) is 0.444. The minimum Gasteiger partial charge on any atom is -0.370 e. The van der Waals surface area contributed by atoms with Gasteiger partial charge in [0.25, 0.3) is 0 Å². The van der Waals surface area contributed by atoms with Gasteiger partial charge in [-0.25, -0.2) is 17.5 Å². The van der Waals surface area contributed by atoms with Crippen molar-refractivity contribution in [2.45, 2.75) is 30.2 Å². The molecule has 1 unspecified atom stereocenters. The van der Waals surface area contributed by atoms with E-state index in [1.165, 1.54) is 18.2 Å². The monoisotopic (exact) mass is 329 g/mol. The molecule has 0 bridgehead atoms. The molecule has 1 amide bonds. The number of nitrogens with two attached hydrogens (primary N) is 1. The molecule has 0 aromatic heterocycles. The molecular weight excluding hydrogens is 309 g/mol. The van der Waals surface area contributed by atoms with Crippen molar-refractivity contribution < 1.29 is 17.6 Å². The third-order valence-corrected chi connectivity index (χ3v) is 5.13. The minimum absolute atomic E-state index is 0.0817. The molecule has 1 fully saturated rings. The van der Waals surface area contributed by atoms with Gasteiger partial charge in [-0.3, -0.25) is 4.79 Å². The fraction of sp³-hybridized carbons (Fsp3) is 0.500. The summed E-state index contributed by atoms with van der Waals surface area (Å²) in [6.45, 7) is 1.85. The van der Waals surface area contributed by atoms with Crippen molar-refractivity contribution in [1.29, 1.82) is 0 Å². The van der Waals surface area contributed by atoms with Gasteiger partial charge in [-0.05, 0) is 37.6 Å². The average Bonchev–Trinajstić information content (AvgIpc) is 2.45. The summed E-state index contributed by atoms with van der Waals surface area (Å²) < 4.78 is 40.3. The molecular formula is C14H20FN3O3S. The highest BCUT2D eigenvalue weighted by molar-refractivity contribution is 7.89. The SMILES string of the molecule is NC(=O)CCN1CCCC(NS(=O)(=O)c2cccc(F)c2)C1. The molecule has 1 saturated heterocycles.